The van der Waals surface area contributed by atoms with Gasteiger partial charge in [0.2, 0.25) is 5.91 Å². The zero-order valence-corrected chi connectivity index (χ0v) is 18.0. The standard InChI is InChI=1S/C24H21FN2O3S/c1-15-3-9-20(16(2)11-15)26-24(29)18-6-10-22-21(12-18)27(23(28)14-31(22)30)13-17-4-7-19(25)8-5-17/h3-12H,13-14H2,1-2H3,(H,26,29)/t31-/m1/s1. The first-order valence-electron chi connectivity index (χ1n) is 9.77. The Bertz CT molecular complexity index is 1210. The number of hydrogen-bond donors (Lipinski definition) is 1. The molecule has 5 nitrogen and oxygen atoms in total. The van der Waals surface area contributed by atoms with Crippen LogP contribution in [0.25, 0.3) is 0 Å². The van der Waals surface area contributed by atoms with E-state index in [2.05, 4.69) is 5.32 Å². The number of carbonyl (C=O) groups excluding carboxylic acids is 2. The lowest BCUT2D eigenvalue weighted by Crippen LogP contribution is -2.38. The van der Waals surface area contributed by atoms with Gasteiger partial charge in [0.05, 0.1) is 27.9 Å². The monoisotopic (exact) mass is 436 g/mol. The van der Waals surface area contributed by atoms with Crippen molar-refractivity contribution < 1.29 is 18.2 Å². The maximum Gasteiger partial charge on any atom is 0.255 e. The van der Waals surface area contributed by atoms with E-state index in [0.29, 0.717) is 21.8 Å². The number of anilines is 2. The molecule has 7 heteroatoms. The lowest BCUT2D eigenvalue weighted by atomic mass is 10.1. The first-order chi connectivity index (χ1) is 14.8. The van der Waals surface area contributed by atoms with Crippen LogP contribution in [-0.2, 0) is 22.1 Å². The van der Waals surface area contributed by atoms with Crippen molar-refractivity contribution in [2.45, 2.75) is 25.3 Å². The van der Waals surface area contributed by atoms with Gasteiger partial charge >= 0.3 is 0 Å². The van der Waals surface area contributed by atoms with Gasteiger partial charge in [-0.05, 0) is 61.4 Å². The fraction of sp³-hybridized carbons (Fsp3) is 0.167. The summed E-state index contributed by atoms with van der Waals surface area (Å²) in [5.74, 6) is -1.11. The van der Waals surface area contributed by atoms with Crippen molar-refractivity contribution in [2.75, 3.05) is 16.0 Å². The highest BCUT2D eigenvalue weighted by molar-refractivity contribution is 7.86. The van der Waals surface area contributed by atoms with E-state index in [1.54, 1.807) is 30.3 Å². The van der Waals surface area contributed by atoms with Crippen LogP contribution < -0.4 is 10.2 Å². The maximum atomic E-state index is 13.2. The Morgan fingerprint density at radius 1 is 1.06 bits per heavy atom. The minimum atomic E-state index is -1.48. The largest absolute Gasteiger partial charge is 0.322 e. The third kappa shape index (κ3) is 4.41. The summed E-state index contributed by atoms with van der Waals surface area (Å²) in [5, 5.41) is 2.89. The number of hydrogen-bond acceptors (Lipinski definition) is 3. The van der Waals surface area contributed by atoms with Crippen LogP contribution in [-0.4, -0.2) is 21.8 Å². The van der Waals surface area contributed by atoms with Gasteiger partial charge in [-0.2, -0.15) is 0 Å². The Morgan fingerprint density at radius 3 is 2.52 bits per heavy atom. The Labute approximate surface area is 182 Å². The molecule has 3 aromatic carbocycles. The van der Waals surface area contributed by atoms with Crippen LogP contribution in [0.3, 0.4) is 0 Å². The molecule has 1 heterocycles. The number of nitrogens with one attached hydrogen (secondary N) is 1. The maximum absolute atomic E-state index is 13.2. The van der Waals surface area contributed by atoms with Crippen LogP contribution in [0.4, 0.5) is 15.8 Å². The van der Waals surface area contributed by atoms with Crippen LogP contribution in [0.5, 0.6) is 0 Å². The molecule has 0 aliphatic carbocycles. The average molecular weight is 437 g/mol. The molecule has 4 rings (SSSR count). The number of aryl methyl sites for hydroxylation is 2. The topological polar surface area (TPSA) is 66.5 Å². The van der Waals surface area contributed by atoms with E-state index < -0.39 is 10.8 Å². The van der Waals surface area contributed by atoms with Gasteiger partial charge in [-0.15, -0.1) is 0 Å². The molecule has 0 spiro atoms. The summed E-state index contributed by atoms with van der Waals surface area (Å²) < 4.78 is 25.7. The molecule has 0 aromatic heterocycles. The smallest absolute Gasteiger partial charge is 0.255 e. The molecule has 0 saturated carbocycles. The summed E-state index contributed by atoms with van der Waals surface area (Å²) >= 11 is 0. The minimum Gasteiger partial charge on any atom is -0.322 e. The van der Waals surface area contributed by atoms with Crippen molar-refractivity contribution in [3.05, 3.63) is 88.7 Å². The van der Waals surface area contributed by atoms with E-state index in [9.17, 15) is 18.2 Å². The van der Waals surface area contributed by atoms with Gasteiger partial charge in [-0.3, -0.25) is 13.8 Å². The molecular weight excluding hydrogens is 415 g/mol. The molecule has 2 amide bonds. The van der Waals surface area contributed by atoms with E-state index in [0.717, 1.165) is 16.7 Å². The molecule has 0 bridgehead atoms. The average Bonchev–Trinajstić information content (AvgIpc) is 2.74. The third-order valence-corrected chi connectivity index (χ3v) is 6.54. The first-order valence-corrected chi connectivity index (χ1v) is 11.1. The number of fused-ring (bicyclic) bond motifs is 1. The van der Waals surface area contributed by atoms with Gasteiger partial charge in [0.25, 0.3) is 5.91 Å². The van der Waals surface area contributed by atoms with Crippen LogP contribution in [0.1, 0.15) is 27.0 Å². The summed E-state index contributed by atoms with van der Waals surface area (Å²) in [6, 6.07) is 16.4. The molecule has 158 valence electrons. The summed E-state index contributed by atoms with van der Waals surface area (Å²) in [4.78, 5) is 27.5. The van der Waals surface area contributed by atoms with E-state index in [-0.39, 0.29) is 29.9 Å². The van der Waals surface area contributed by atoms with Crippen LogP contribution >= 0.6 is 0 Å². The molecule has 1 N–H and O–H groups in total. The van der Waals surface area contributed by atoms with Crippen LogP contribution in [0, 0.1) is 19.7 Å². The SMILES string of the molecule is Cc1ccc(NC(=O)c2ccc3c(c2)N(Cc2ccc(F)cc2)C(=O)C[S@]3=O)c(C)c1. The van der Waals surface area contributed by atoms with Crippen molar-refractivity contribution in [3.8, 4) is 0 Å². The number of rotatable bonds is 4. The number of amides is 2. The normalized spacial score (nSPS) is 15.5. The number of nitrogens with zero attached hydrogens (tertiary/aromatic N) is 1. The molecule has 0 saturated heterocycles. The molecule has 3 aromatic rings. The van der Waals surface area contributed by atoms with Gasteiger partial charge in [0.15, 0.2) is 0 Å². The molecule has 1 aliphatic rings. The second-order valence-corrected chi connectivity index (χ2v) is 8.97. The Kier molecular flexibility index (Phi) is 5.69. The van der Waals surface area contributed by atoms with Crippen molar-refractivity contribution >= 4 is 34.0 Å². The predicted molar refractivity (Wildman–Crippen MR) is 119 cm³/mol. The Hall–Kier alpha value is -3.32. The summed E-state index contributed by atoms with van der Waals surface area (Å²) in [6.07, 6.45) is 0. The lowest BCUT2D eigenvalue weighted by Gasteiger charge is -2.29. The van der Waals surface area contributed by atoms with E-state index in [1.165, 1.54) is 17.0 Å². The molecule has 0 unspecified atom stereocenters. The fourth-order valence-electron chi connectivity index (χ4n) is 3.56. The van der Waals surface area contributed by atoms with Gasteiger partial charge in [0, 0.05) is 11.3 Å². The Balaban J connectivity index is 1.66. The number of carbonyl (C=O) groups is 2. The van der Waals surface area contributed by atoms with Crippen LogP contribution in [0.15, 0.2) is 65.6 Å². The molecule has 0 fully saturated rings. The highest BCUT2D eigenvalue weighted by Gasteiger charge is 2.30. The zero-order valence-electron chi connectivity index (χ0n) is 17.1. The third-order valence-electron chi connectivity index (χ3n) is 5.20. The van der Waals surface area contributed by atoms with Crippen molar-refractivity contribution in [1.29, 1.82) is 0 Å². The number of benzene rings is 3. The Morgan fingerprint density at radius 2 is 1.81 bits per heavy atom. The van der Waals surface area contributed by atoms with Crippen molar-refractivity contribution in [1.82, 2.24) is 0 Å². The highest BCUT2D eigenvalue weighted by Crippen LogP contribution is 2.32. The fourth-order valence-corrected chi connectivity index (χ4v) is 4.72. The summed E-state index contributed by atoms with van der Waals surface area (Å²) in [6.45, 7) is 4.10. The zero-order chi connectivity index (χ0) is 22.1. The molecule has 1 aliphatic heterocycles. The second kappa shape index (κ2) is 8.43. The first kappa shape index (κ1) is 20.9. The van der Waals surface area contributed by atoms with Gasteiger partial charge < -0.3 is 10.2 Å². The molecule has 31 heavy (non-hydrogen) atoms. The summed E-state index contributed by atoms with van der Waals surface area (Å²) in [7, 11) is -1.48. The van der Waals surface area contributed by atoms with Gasteiger partial charge in [-0.25, -0.2) is 4.39 Å². The van der Waals surface area contributed by atoms with Crippen molar-refractivity contribution in [2.24, 2.45) is 0 Å². The van der Waals surface area contributed by atoms with E-state index >= 15 is 0 Å². The quantitative estimate of drug-likeness (QED) is 0.661. The molecular formula is C24H21FN2O3S. The van der Waals surface area contributed by atoms with E-state index in [4.69, 9.17) is 0 Å². The molecule has 1 atom stereocenters. The van der Waals surface area contributed by atoms with E-state index in [1.807, 2.05) is 32.0 Å². The van der Waals surface area contributed by atoms with Gasteiger partial charge in [-0.1, -0.05) is 29.8 Å². The van der Waals surface area contributed by atoms with Crippen LogP contribution in [0.2, 0.25) is 0 Å². The molecule has 0 radical (unpaired) electrons. The highest BCUT2D eigenvalue weighted by atomic mass is 32.2. The predicted octanol–water partition coefficient (Wildman–Crippen LogP) is 4.35. The summed E-state index contributed by atoms with van der Waals surface area (Å²) in [5.41, 5.74) is 4.28. The number of halogens is 1. The minimum absolute atomic E-state index is 0.123. The van der Waals surface area contributed by atoms with Gasteiger partial charge in [0.1, 0.15) is 11.6 Å². The lowest BCUT2D eigenvalue weighted by molar-refractivity contribution is -0.116. The second-order valence-electron chi connectivity index (χ2n) is 7.55. The van der Waals surface area contributed by atoms with Crippen molar-refractivity contribution in [3.63, 3.8) is 0 Å².